The van der Waals surface area contributed by atoms with Gasteiger partial charge in [-0.15, -0.1) is 0 Å². The van der Waals surface area contributed by atoms with Gasteiger partial charge in [0.25, 0.3) is 0 Å². The second-order valence-electron chi connectivity index (χ2n) is 15.3. The number of carbonyl (C=O) groups excluding carboxylic acids is 3. The van der Waals surface area contributed by atoms with E-state index >= 15 is 0 Å². The molecule has 0 bridgehead atoms. The van der Waals surface area contributed by atoms with Gasteiger partial charge < -0.3 is 14.2 Å². The largest absolute Gasteiger partial charge is 0.462 e. The van der Waals surface area contributed by atoms with E-state index in [0.717, 1.165) is 83.5 Å². The van der Waals surface area contributed by atoms with Crippen LogP contribution in [0.1, 0.15) is 226 Å². The van der Waals surface area contributed by atoms with Crippen LogP contribution in [0.15, 0.2) is 48.6 Å². The number of unbranched alkanes of at least 4 members (excludes halogenated alkanes) is 22. The predicted molar refractivity (Wildman–Crippen MR) is 233 cm³/mol. The number of hydrogen-bond acceptors (Lipinski definition) is 6. The smallest absolute Gasteiger partial charge is 0.306 e. The van der Waals surface area contributed by atoms with Gasteiger partial charge in [-0.25, -0.2) is 0 Å². The molecule has 1 atom stereocenters. The first-order chi connectivity index (χ1) is 27.0. The molecule has 0 spiro atoms. The van der Waals surface area contributed by atoms with Crippen molar-refractivity contribution >= 4 is 17.9 Å². The van der Waals surface area contributed by atoms with Gasteiger partial charge in [0.15, 0.2) is 6.10 Å². The molecule has 0 aromatic carbocycles. The SMILES string of the molecule is CC/C=C\C/C=C\C/C=C\C/C=C\CCCCCCCCCCCCCCC(=O)OCC(COC(=O)CCCCCCCC)OC(=O)CCCCCCCC. The predicted octanol–water partition coefficient (Wildman–Crippen LogP) is 14.8. The average molecular weight is 771 g/mol. The van der Waals surface area contributed by atoms with Crippen LogP contribution in [0, 0.1) is 0 Å². The number of hydrogen-bond donors (Lipinski definition) is 0. The molecular weight excluding hydrogens is 685 g/mol. The first kappa shape index (κ1) is 52.4. The van der Waals surface area contributed by atoms with Crippen LogP contribution in [0.25, 0.3) is 0 Å². The molecule has 0 aliphatic carbocycles. The van der Waals surface area contributed by atoms with Crippen molar-refractivity contribution in [3.63, 3.8) is 0 Å². The highest BCUT2D eigenvalue weighted by molar-refractivity contribution is 5.71. The Labute approximate surface area is 339 Å². The van der Waals surface area contributed by atoms with E-state index in [0.29, 0.717) is 19.3 Å². The molecular formula is C49H86O6. The quantitative estimate of drug-likeness (QED) is 0.0267. The van der Waals surface area contributed by atoms with E-state index in [4.69, 9.17) is 14.2 Å². The molecule has 0 aromatic rings. The molecule has 6 heteroatoms. The van der Waals surface area contributed by atoms with Gasteiger partial charge in [-0.05, 0) is 57.8 Å². The zero-order valence-corrected chi connectivity index (χ0v) is 36.2. The van der Waals surface area contributed by atoms with E-state index in [-0.39, 0.29) is 31.1 Å². The van der Waals surface area contributed by atoms with Gasteiger partial charge in [0.2, 0.25) is 0 Å². The lowest BCUT2D eigenvalue weighted by Gasteiger charge is -2.18. The lowest BCUT2D eigenvalue weighted by molar-refractivity contribution is -0.167. The number of carbonyl (C=O) groups is 3. The second-order valence-corrected chi connectivity index (χ2v) is 15.3. The lowest BCUT2D eigenvalue weighted by atomic mass is 10.0. The molecule has 0 saturated heterocycles. The van der Waals surface area contributed by atoms with Crippen molar-refractivity contribution in [2.24, 2.45) is 0 Å². The molecule has 0 fully saturated rings. The maximum absolute atomic E-state index is 12.5. The van der Waals surface area contributed by atoms with Gasteiger partial charge in [-0.3, -0.25) is 14.4 Å². The molecule has 0 aliphatic heterocycles. The zero-order chi connectivity index (χ0) is 40.1. The highest BCUT2D eigenvalue weighted by Crippen LogP contribution is 2.14. The summed E-state index contributed by atoms with van der Waals surface area (Å²) in [5.74, 6) is -0.895. The zero-order valence-electron chi connectivity index (χ0n) is 36.2. The Morgan fingerprint density at radius 1 is 0.382 bits per heavy atom. The molecule has 55 heavy (non-hydrogen) atoms. The molecule has 0 rings (SSSR count). The third-order valence-corrected chi connectivity index (χ3v) is 9.85. The van der Waals surface area contributed by atoms with Gasteiger partial charge in [-0.1, -0.05) is 198 Å². The molecule has 0 heterocycles. The molecule has 0 aromatic heterocycles. The molecule has 6 nitrogen and oxygen atoms in total. The standard InChI is InChI=1S/C49H86O6/c1-4-7-10-13-16-17-18-19-20-21-22-23-24-25-26-27-28-29-30-31-32-33-34-37-39-42-48(51)54-45-46(55-49(52)43-40-36-15-12-9-6-3)44-53-47(50)41-38-35-14-11-8-5-2/h7,10,16-17,19-20,22-23,46H,4-6,8-9,11-15,18,21,24-45H2,1-3H3/b10-7-,17-16-,20-19-,23-22-. The normalized spacial score (nSPS) is 12.4. The van der Waals surface area contributed by atoms with Crippen LogP contribution in [0.2, 0.25) is 0 Å². The third-order valence-electron chi connectivity index (χ3n) is 9.85. The van der Waals surface area contributed by atoms with Crippen LogP contribution >= 0.6 is 0 Å². The summed E-state index contributed by atoms with van der Waals surface area (Å²) in [7, 11) is 0. The summed E-state index contributed by atoms with van der Waals surface area (Å²) in [6, 6.07) is 0. The van der Waals surface area contributed by atoms with E-state index in [1.165, 1.54) is 103 Å². The minimum absolute atomic E-state index is 0.0726. The van der Waals surface area contributed by atoms with Crippen LogP contribution in [0.5, 0.6) is 0 Å². The van der Waals surface area contributed by atoms with Crippen molar-refractivity contribution in [2.75, 3.05) is 13.2 Å². The minimum Gasteiger partial charge on any atom is -0.462 e. The first-order valence-electron chi connectivity index (χ1n) is 23.1. The van der Waals surface area contributed by atoms with Crippen LogP contribution in [0.4, 0.5) is 0 Å². The van der Waals surface area contributed by atoms with Crippen molar-refractivity contribution in [1.29, 1.82) is 0 Å². The summed E-state index contributed by atoms with van der Waals surface area (Å²) in [4.78, 5) is 37.3. The summed E-state index contributed by atoms with van der Waals surface area (Å²) in [5, 5.41) is 0. The topological polar surface area (TPSA) is 78.9 Å². The van der Waals surface area contributed by atoms with E-state index in [1.54, 1.807) is 0 Å². The molecule has 0 radical (unpaired) electrons. The van der Waals surface area contributed by atoms with Gasteiger partial charge in [0.05, 0.1) is 0 Å². The maximum Gasteiger partial charge on any atom is 0.306 e. The molecule has 0 amide bonds. The number of esters is 3. The summed E-state index contributed by atoms with van der Waals surface area (Å²) >= 11 is 0. The Kier molecular flexibility index (Phi) is 42.0. The highest BCUT2D eigenvalue weighted by Gasteiger charge is 2.19. The van der Waals surface area contributed by atoms with Crippen LogP contribution < -0.4 is 0 Å². The highest BCUT2D eigenvalue weighted by atomic mass is 16.6. The van der Waals surface area contributed by atoms with Gasteiger partial charge in [0, 0.05) is 19.3 Å². The van der Waals surface area contributed by atoms with Crippen molar-refractivity contribution in [1.82, 2.24) is 0 Å². The Balaban J connectivity index is 3.97. The molecule has 0 aliphatic rings. The van der Waals surface area contributed by atoms with Crippen LogP contribution in [-0.4, -0.2) is 37.2 Å². The summed E-state index contributed by atoms with van der Waals surface area (Å²) < 4.78 is 16.5. The van der Waals surface area contributed by atoms with E-state index in [9.17, 15) is 14.4 Å². The number of ether oxygens (including phenoxy) is 3. The Hall–Kier alpha value is -2.63. The monoisotopic (exact) mass is 771 g/mol. The Morgan fingerprint density at radius 3 is 1.11 bits per heavy atom. The molecule has 318 valence electrons. The second kappa shape index (κ2) is 44.1. The summed E-state index contributed by atoms with van der Waals surface area (Å²) in [6.45, 7) is 6.39. The minimum atomic E-state index is -0.763. The fourth-order valence-electron chi connectivity index (χ4n) is 6.37. The van der Waals surface area contributed by atoms with Crippen LogP contribution in [-0.2, 0) is 28.6 Å². The summed E-state index contributed by atoms with van der Waals surface area (Å²) in [5.41, 5.74) is 0. The van der Waals surface area contributed by atoms with E-state index < -0.39 is 6.10 Å². The van der Waals surface area contributed by atoms with Gasteiger partial charge >= 0.3 is 17.9 Å². The molecule has 0 N–H and O–H groups in total. The van der Waals surface area contributed by atoms with Gasteiger partial charge in [-0.2, -0.15) is 0 Å². The Morgan fingerprint density at radius 2 is 0.709 bits per heavy atom. The average Bonchev–Trinajstić information content (AvgIpc) is 3.18. The Bertz CT molecular complexity index is 980. The third kappa shape index (κ3) is 42.4. The molecule has 0 saturated carbocycles. The van der Waals surface area contributed by atoms with Crippen molar-refractivity contribution in [3.8, 4) is 0 Å². The molecule has 1 unspecified atom stereocenters. The number of rotatable bonds is 41. The van der Waals surface area contributed by atoms with Crippen LogP contribution in [0.3, 0.4) is 0 Å². The number of allylic oxidation sites excluding steroid dienone is 8. The van der Waals surface area contributed by atoms with Crippen molar-refractivity contribution in [2.45, 2.75) is 232 Å². The summed E-state index contributed by atoms with van der Waals surface area (Å²) in [6.07, 6.45) is 51.5. The maximum atomic E-state index is 12.5. The lowest BCUT2D eigenvalue weighted by Crippen LogP contribution is -2.30. The van der Waals surface area contributed by atoms with Gasteiger partial charge in [0.1, 0.15) is 13.2 Å². The van der Waals surface area contributed by atoms with Crippen molar-refractivity contribution in [3.05, 3.63) is 48.6 Å². The fraction of sp³-hybridized carbons (Fsp3) is 0.776. The fourth-order valence-corrected chi connectivity index (χ4v) is 6.37. The van der Waals surface area contributed by atoms with E-state index in [2.05, 4.69) is 69.4 Å². The van der Waals surface area contributed by atoms with Crippen molar-refractivity contribution < 1.29 is 28.6 Å². The van der Waals surface area contributed by atoms with E-state index in [1.807, 2.05) is 0 Å². The first-order valence-corrected chi connectivity index (χ1v) is 23.1.